The summed E-state index contributed by atoms with van der Waals surface area (Å²) in [5.41, 5.74) is 4.33. The summed E-state index contributed by atoms with van der Waals surface area (Å²) in [5.74, 6) is 0.111. The molecular formula is C17H17NO. The molecule has 1 aliphatic rings. The molecule has 0 aromatic heterocycles. The van der Waals surface area contributed by atoms with Gasteiger partial charge < -0.3 is 4.90 Å². The van der Waals surface area contributed by atoms with Gasteiger partial charge in [-0.15, -0.1) is 0 Å². The van der Waals surface area contributed by atoms with Crippen molar-refractivity contribution >= 4 is 11.6 Å². The lowest BCUT2D eigenvalue weighted by Gasteiger charge is -2.17. The van der Waals surface area contributed by atoms with E-state index in [0.717, 1.165) is 30.6 Å². The first-order valence-electron chi connectivity index (χ1n) is 6.78. The van der Waals surface area contributed by atoms with Gasteiger partial charge in [0.05, 0.1) is 0 Å². The van der Waals surface area contributed by atoms with Crippen LogP contribution in [0.2, 0.25) is 0 Å². The van der Waals surface area contributed by atoms with Crippen molar-refractivity contribution in [3.63, 3.8) is 0 Å². The summed E-state index contributed by atoms with van der Waals surface area (Å²) in [6.07, 6.45) is 1.91. The van der Waals surface area contributed by atoms with Crippen molar-refractivity contribution in [2.45, 2.75) is 19.8 Å². The molecule has 3 rings (SSSR count). The predicted octanol–water partition coefficient (Wildman–Crippen LogP) is 3.45. The average Bonchev–Trinajstić information content (AvgIpc) is 2.90. The van der Waals surface area contributed by atoms with Gasteiger partial charge >= 0.3 is 0 Å². The first-order chi connectivity index (χ1) is 9.29. The predicted molar refractivity (Wildman–Crippen MR) is 77.6 cm³/mol. The fourth-order valence-corrected chi connectivity index (χ4v) is 2.63. The number of carbonyl (C=O) groups excluding carboxylic acids is 1. The van der Waals surface area contributed by atoms with Crippen LogP contribution in [0.4, 0.5) is 5.69 Å². The molecule has 1 heterocycles. The van der Waals surface area contributed by atoms with Gasteiger partial charge in [0, 0.05) is 17.8 Å². The molecule has 96 valence electrons. The fourth-order valence-electron chi connectivity index (χ4n) is 2.63. The minimum absolute atomic E-state index is 0.111. The van der Waals surface area contributed by atoms with Crippen LogP contribution in [-0.2, 0) is 12.8 Å². The third-order valence-corrected chi connectivity index (χ3v) is 3.71. The Morgan fingerprint density at radius 1 is 1.16 bits per heavy atom. The molecule has 2 nitrogen and oxygen atoms in total. The third-order valence-electron chi connectivity index (χ3n) is 3.71. The summed E-state index contributed by atoms with van der Waals surface area (Å²) >= 11 is 0. The fraction of sp³-hybridized carbons (Fsp3) is 0.235. The molecule has 1 aliphatic heterocycles. The van der Waals surface area contributed by atoms with Gasteiger partial charge in [-0.2, -0.15) is 0 Å². The monoisotopic (exact) mass is 251 g/mol. The van der Waals surface area contributed by atoms with Crippen molar-refractivity contribution in [1.29, 1.82) is 0 Å². The van der Waals surface area contributed by atoms with Crippen LogP contribution in [-0.4, -0.2) is 12.5 Å². The van der Waals surface area contributed by atoms with E-state index < -0.39 is 0 Å². The van der Waals surface area contributed by atoms with E-state index >= 15 is 0 Å². The van der Waals surface area contributed by atoms with Gasteiger partial charge in [0.25, 0.3) is 5.91 Å². The normalized spacial score (nSPS) is 13.4. The van der Waals surface area contributed by atoms with Gasteiger partial charge in [0.2, 0.25) is 0 Å². The number of amides is 1. The molecule has 0 atom stereocenters. The van der Waals surface area contributed by atoms with Crippen molar-refractivity contribution in [2.75, 3.05) is 11.4 Å². The summed E-state index contributed by atoms with van der Waals surface area (Å²) in [7, 11) is 0. The van der Waals surface area contributed by atoms with Crippen molar-refractivity contribution in [2.24, 2.45) is 0 Å². The number of anilines is 1. The Balaban J connectivity index is 1.93. The molecule has 0 unspecified atom stereocenters. The van der Waals surface area contributed by atoms with E-state index in [2.05, 4.69) is 19.1 Å². The van der Waals surface area contributed by atoms with Gasteiger partial charge in [-0.3, -0.25) is 4.79 Å². The molecule has 0 saturated carbocycles. The number of para-hydroxylation sites is 1. The van der Waals surface area contributed by atoms with Gasteiger partial charge in [-0.25, -0.2) is 0 Å². The highest BCUT2D eigenvalue weighted by molar-refractivity contribution is 6.07. The SMILES string of the molecule is CCc1cccc(C(=O)N2CCc3ccccc32)c1. The van der Waals surface area contributed by atoms with Crippen LogP contribution >= 0.6 is 0 Å². The van der Waals surface area contributed by atoms with E-state index in [9.17, 15) is 4.79 Å². The van der Waals surface area contributed by atoms with Crippen molar-refractivity contribution in [3.8, 4) is 0 Å². The first-order valence-corrected chi connectivity index (χ1v) is 6.78. The standard InChI is InChI=1S/C17H17NO/c1-2-13-6-5-8-15(12-13)17(19)18-11-10-14-7-3-4-9-16(14)18/h3-9,12H,2,10-11H2,1H3. The lowest BCUT2D eigenvalue weighted by Crippen LogP contribution is -2.28. The van der Waals surface area contributed by atoms with E-state index in [-0.39, 0.29) is 5.91 Å². The zero-order chi connectivity index (χ0) is 13.2. The molecule has 0 radical (unpaired) electrons. The Morgan fingerprint density at radius 3 is 2.84 bits per heavy atom. The molecule has 1 amide bonds. The lowest BCUT2D eigenvalue weighted by molar-refractivity contribution is 0.0989. The maximum absolute atomic E-state index is 12.6. The van der Waals surface area contributed by atoms with Crippen LogP contribution in [0.25, 0.3) is 0 Å². The average molecular weight is 251 g/mol. The summed E-state index contributed by atoms with van der Waals surface area (Å²) < 4.78 is 0. The van der Waals surface area contributed by atoms with Crippen LogP contribution < -0.4 is 4.90 Å². The highest BCUT2D eigenvalue weighted by Crippen LogP contribution is 2.28. The minimum Gasteiger partial charge on any atom is -0.308 e. The molecule has 0 fully saturated rings. The quantitative estimate of drug-likeness (QED) is 0.800. The van der Waals surface area contributed by atoms with Gasteiger partial charge in [-0.1, -0.05) is 37.3 Å². The van der Waals surface area contributed by atoms with E-state index in [1.54, 1.807) is 0 Å². The van der Waals surface area contributed by atoms with Crippen LogP contribution in [0.1, 0.15) is 28.4 Å². The Hall–Kier alpha value is -2.09. The van der Waals surface area contributed by atoms with E-state index in [1.807, 2.05) is 41.3 Å². The number of benzene rings is 2. The molecule has 2 heteroatoms. The molecule has 0 aliphatic carbocycles. The summed E-state index contributed by atoms with van der Waals surface area (Å²) in [6.45, 7) is 2.89. The van der Waals surface area contributed by atoms with E-state index in [1.165, 1.54) is 11.1 Å². The second-order valence-electron chi connectivity index (χ2n) is 4.89. The highest BCUT2D eigenvalue weighted by Gasteiger charge is 2.24. The maximum atomic E-state index is 12.6. The van der Waals surface area contributed by atoms with Crippen LogP contribution in [0.15, 0.2) is 48.5 Å². The topological polar surface area (TPSA) is 20.3 Å². The van der Waals surface area contributed by atoms with Gasteiger partial charge in [0.15, 0.2) is 0 Å². The largest absolute Gasteiger partial charge is 0.308 e. The summed E-state index contributed by atoms with van der Waals surface area (Å²) in [5, 5.41) is 0. The number of hydrogen-bond donors (Lipinski definition) is 0. The molecule has 0 saturated heterocycles. The summed E-state index contributed by atoms with van der Waals surface area (Å²) in [6, 6.07) is 16.1. The number of nitrogens with zero attached hydrogens (tertiary/aromatic N) is 1. The van der Waals surface area contributed by atoms with E-state index in [0.29, 0.717) is 0 Å². The Kier molecular flexibility index (Phi) is 3.08. The number of fused-ring (bicyclic) bond motifs is 1. The van der Waals surface area contributed by atoms with Crippen LogP contribution in [0.5, 0.6) is 0 Å². The zero-order valence-electron chi connectivity index (χ0n) is 11.1. The number of hydrogen-bond acceptors (Lipinski definition) is 1. The Bertz CT molecular complexity index is 618. The van der Waals surface area contributed by atoms with Crippen LogP contribution in [0.3, 0.4) is 0 Å². The second-order valence-corrected chi connectivity index (χ2v) is 4.89. The summed E-state index contributed by atoms with van der Waals surface area (Å²) in [4.78, 5) is 14.5. The maximum Gasteiger partial charge on any atom is 0.258 e. The number of carbonyl (C=O) groups is 1. The van der Waals surface area contributed by atoms with E-state index in [4.69, 9.17) is 0 Å². The van der Waals surface area contributed by atoms with Gasteiger partial charge in [0.1, 0.15) is 0 Å². The lowest BCUT2D eigenvalue weighted by atomic mass is 10.1. The molecule has 0 bridgehead atoms. The molecule has 19 heavy (non-hydrogen) atoms. The van der Waals surface area contributed by atoms with Gasteiger partial charge in [-0.05, 0) is 42.2 Å². The number of rotatable bonds is 2. The smallest absolute Gasteiger partial charge is 0.258 e. The van der Waals surface area contributed by atoms with Crippen molar-refractivity contribution in [1.82, 2.24) is 0 Å². The zero-order valence-corrected chi connectivity index (χ0v) is 11.1. The Labute approximate surface area is 113 Å². The van der Waals surface area contributed by atoms with Crippen molar-refractivity contribution in [3.05, 3.63) is 65.2 Å². The molecular weight excluding hydrogens is 234 g/mol. The molecule has 2 aromatic rings. The first kappa shape index (κ1) is 12.0. The second kappa shape index (κ2) is 4.88. The minimum atomic E-state index is 0.111. The van der Waals surface area contributed by atoms with Crippen molar-refractivity contribution < 1.29 is 4.79 Å². The highest BCUT2D eigenvalue weighted by atomic mass is 16.2. The Morgan fingerprint density at radius 2 is 2.00 bits per heavy atom. The number of aryl methyl sites for hydroxylation is 1. The molecule has 0 spiro atoms. The van der Waals surface area contributed by atoms with Crippen LogP contribution in [0, 0.1) is 0 Å². The molecule has 2 aromatic carbocycles. The molecule has 0 N–H and O–H groups in total. The third kappa shape index (κ3) is 2.14.